The molecule has 3 aromatic rings. The Hall–Kier alpha value is -3.15. The molecule has 6 heteroatoms. The van der Waals surface area contributed by atoms with Gasteiger partial charge in [0.2, 0.25) is 5.91 Å². The second kappa shape index (κ2) is 6.76. The minimum Gasteiger partial charge on any atom is -0.493 e. The van der Waals surface area contributed by atoms with Crippen LogP contribution in [-0.4, -0.2) is 27.3 Å². The van der Waals surface area contributed by atoms with Crippen LogP contribution in [0.15, 0.2) is 61.1 Å². The van der Waals surface area contributed by atoms with Gasteiger partial charge in [0, 0.05) is 36.1 Å². The molecule has 6 nitrogen and oxygen atoms in total. The van der Waals surface area contributed by atoms with E-state index in [4.69, 9.17) is 4.74 Å². The smallest absolute Gasteiger partial charge is 0.242 e. The van der Waals surface area contributed by atoms with Gasteiger partial charge in [-0.25, -0.2) is 0 Å². The average Bonchev–Trinajstić information content (AvgIpc) is 3.11. The van der Waals surface area contributed by atoms with Crippen molar-refractivity contribution >= 4 is 5.91 Å². The van der Waals surface area contributed by atoms with Crippen molar-refractivity contribution in [2.75, 3.05) is 6.61 Å². The van der Waals surface area contributed by atoms with Crippen LogP contribution < -0.4 is 10.1 Å². The van der Waals surface area contributed by atoms with Crippen molar-refractivity contribution < 1.29 is 9.53 Å². The lowest BCUT2D eigenvalue weighted by Crippen LogP contribution is -2.34. The molecule has 1 aromatic carbocycles. The predicted molar refractivity (Wildman–Crippen MR) is 92.9 cm³/mol. The molecule has 0 spiro atoms. The zero-order valence-electron chi connectivity index (χ0n) is 13.6. The van der Waals surface area contributed by atoms with Gasteiger partial charge in [-0.3, -0.25) is 14.5 Å². The fourth-order valence-corrected chi connectivity index (χ4v) is 3.09. The Morgan fingerprint density at radius 2 is 2.00 bits per heavy atom. The second-order valence-electron chi connectivity index (χ2n) is 5.91. The van der Waals surface area contributed by atoms with Crippen molar-refractivity contribution in [3.05, 3.63) is 66.6 Å². The van der Waals surface area contributed by atoms with Crippen molar-refractivity contribution in [2.24, 2.45) is 0 Å². The highest BCUT2D eigenvalue weighted by molar-refractivity contribution is 5.77. The van der Waals surface area contributed by atoms with E-state index in [-0.39, 0.29) is 18.5 Å². The topological polar surface area (TPSA) is 69.0 Å². The third-order valence-corrected chi connectivity index (χ3v) is 4.28. The number of pyridine rings is 1. The predicted octanol–water partition coefficient (Wildman–Crippen LogP) is 2.59. The normalized spacial score (nSPS) is 15.9. The van der Waals surface area contributed by atoms with Gasteiger partial charge in [-0.2, -0.15) is 5.10 Å². The van der Waals surface area contributed by atoms with Gasteiger partial charge in [-0.1, -0.05) is 18.2 Å². The Balaban J connectivity index is 1.49. The lowest BCUT2D eigenvalue weighted by atomic mass is 10.0. The Morgan fingerprint density at radius 1 is 1.16 bits per heavy atom. The summed E-state index contributed by atoms with van der Waals surface area (Å²) in [6.45, 7) is 0.774. The molecule has 126 valence electrons. The van der Waals surface area contributed by atoms with E-state index < -0.39 is 0 Å². The standard InChI is InChI=1S/C19H18N4O2/c24-19(22-16-8-12-25-18-4-2-1-3-15(16)18)13-23-17(7-11-21-23)14-5-9-20-10-6-14/h1-7,9-11,16H,8,12-13H2,(H,22,24)/t16-/m1/s1. The Labute approximate surface area is 145 Å². The van der Waals surface area contributed by atoms with E-state index in [0.717, 1.165) is 29.0 Å². The molecule has 0 saturated heterocycles. The van der Waals surface area contributed by atoms with E-state index in [1.54, 1.807) is 23.3 Å². The molecule has 4 rings (SSSR count). The van der Waals surface area contributed by atoms with Crippen molar-refractivity contribution in [3.8, 4) is 17.0 Å². The van der Waals surface area contributed by atoms with Crippen LogP contribution in [0.4, 0.5) is 0 Å². The van der Waals surface area contributed by atoms with Gasteiger partial charge in [0.05, 0.1) is 18.3 Å². The van der Waals surface area contributed by atoms with Gasteiger partial charge < -0.3 is 10.1 Å². The largest absolute Gasteiger partial charge is 0.493 e. The molecular weight excluding hydrogens is 316 g/mol. The highest BCUT2D eigenvalue weighted by Crippen LogP contribution is 2.31. The molecule has 2 aromatic heterocycles. The maximum absolute atomic E-state index is 12.5. The lowest BCUT2D eigenvalue weighted by molar-refractivity contribution is -0.122. The SMILES string of the molecule is O=C(Cn1nccc1-c1ccncc1)N[C@@H]1CCOc2ccccc21. The first-order valence-corrected chi connectivity index (χ1v) is 8.24. The van der Waals surface area contributed by atoms with E-state index in [1.807, 2.05) is 42.5 Å². The van der Waals surface area contributed by atoms with Crippen LogP contribution in [0.2, 0.25) is 0 Å². The van der Waals surface area contributed by atoms with Crippen LogP contribution in [0.25, 0.3) is 11.3 Å². The number of nitrogens with one attached hydrogen (secondary N) is 1. The summed E-state index contributed by atoms with van der Waals surface area (Å²) in [5, 5.41) is 7.38. The van der Waals surface area contributed by atoms with Crippen molar-refractivity contribution in [1.29, 1.82) is 0 Å². The fraction of sp³-hybridized carbons (Fsp3) is 0.211. The minimum atomic E-state index is -0.0688. The summed E-state index contributed by atoms with van der Waals surface area (Å²) in [5.41, 5.74) is 2.90. The molecule has 0 unspecified atom stereocenters. The highest BCUT2D eigenvalue weighted by atomic mass is 16.5. The number of carbonyl (C=O) groups excluding carboxylic acids is 1. The summed E-state index contributed by atoms with van der Waals surface area (Å²) in [6.07, 6.45) is 5.92. The number of ether oxygens (including phenoxy) is 1. The Bertz CT molecular complexity index is 876. The number of aromatic nitrogens is 3. The van der Waals surface area contributed by atoms with Gasteiger partial charge >= 0.3 is 0 Å². The first-order valence-electron chi connectivity index (χ1n) is 8.24. The maximum Gasteiger partial charge on any atom is 0.242 e. The fourth-order valence-electron chi connectivity index (χ4n) is 3.09. The maximum atomic E-state index is 12.5. The van der Waals surface area contributed by atoms with Crippen molar-refractivity contribution in [2.45, 2.75) is 19.0 Å². The summed E-state index contributed by atoms with van der Waals surface area (Å²) in [7, 11) is 0. The number of rotatable bonds is 4. The second-order valence-corrected chi connectivity index (χ2v) is 5.91. The van der Waals surface area contributed by atoms with Crippen LogP contribution in [0.3, 0.4) is 0 Å². The van der Waals surface area contributed by atoms with E-state index in [2.05, 4.69) is 15.4 Å². The van der Waals surface area contributed by atoms with Crippen molar-refractivity contribution in [1.82, 2.24) is 20.1 Å². The summed E-state index contributed by atoms with van der Waals surface area (Å²) >= 11 is 0. The molecular formula is C19H18N4O2. The number of hydrogen-bond acceptors (Lipinski definition) is 4. The highest BCUT2D eigenvalue weighted by Gasteiger charge is 2.23. The van der Waals surface area contributed by atoms with Gasteiger partial charge in [-0.05, 0) is 24.3 Å². The summed E-state index contributed by atoms with van der Waals surface area (Å²) in [5.74, 6) is 0.774. The first-order chi connectivity index (χ1) is 12.3. The van der Waals surface area contributed by atoms with Crippen molar-refractivity contribution in [3.63, 3.8) is 0 Å². The molecule has 0 fully saturated rings. The number of carbonyl (C=O) groups is 1. The van der Waals surface area contributed by atoms with Crippen LogP contribution in [0.5, 0.6) is 5.75 Å². The number of amides is 1. The lowest BCUT2D eigenvalue weighted by Gasteiger charge is -2.26. The van der Waals surface area contributed by atoms with Gasteiger partial charge in [0.15, 0.2) is 0 Å². The van der Waals surface area contributed by atoms with E-state index >= 15 is 0 Å². The molecule has 25 heavy (non-hydrogen) atoms. The summed E-state index contributed by atoms with van der Waals surface area (Å²) in [6, 6.07) is 13.5. The molecule has 1 amide bonds. The molecule has 0 saturated carbocycles. The molecule has 0 bridgehead atoms. The van der Waals surface area contributed by atoms with Gasteiger partial charge in [0.1, 0.15) is 12.3 Å². The zero-order chi connectivity index (χ0) is 17.1. The monoisotopic (exact) mass is 334 g/mol. The number of hydrogen-bond donors (Lipinski definition) is 1. The number of para-hydroxylation sites is 1. The molecule has 0 radical (unpaired) electrons. The molecule has 0 aliphatic carbocycles. The molecule has 1 atom stereocenters. The molecule has 1 aliphatic rings. The quantitative estimate of drug-likeness (QED) is 0.796. The molecule has 1 N–H and O–H groups in total. The Kier molecular flexibility index (Phi) is 4.16. The van der Waals surface area contributed by atoms with E-state index in [9.17, 15) is 4.79 Å². The number of fused-ring (bicyclic) bond motifs is 1. The van der Waals surface area contributed by atoms with Crippen LogP contribution in [0, 0.1) is 0 Å². The van der Waals surface area contributed by atoms with E-state index in [0.29, 0.717) is 6.61 Å². The summed E-state index contributed by atoms with van der Waals surface area (Å²) in [4.78, 5) is 16.6. The third-order valence-electron chi connectivity index (χ3n) is 4.28. The van der Waals surface area contributed by atoms with Crippen LogP contribution in [0.1, 0.15) is 18.0 Å². The number of benzene rings is 1. The summed E-state index contributed by atoms with van der Waals surface area (Å²) < 4.78 is 7.35. The molecule has 1 aliphatic heterocycles. The first kappa shape index (κ1) is 15.4. The van der Waals surface area contributed by atoms with Gasteiger partial charge in [0.25, 0.3) is 0 Å². The van der Waals surface area contributed by atoms with Crippen LogP contribution >= 0.6 is 0 Å². The third kappa shape index (κ3) is 3.24. The Morgan fingerprint density at radius 3 is 2.88 bits per heavy atom. The molecule has 3 heterocycles. The zero-order valence-corrected chi connectivity index (χ0v) is 13.6. The van der Waals surface area contributed by atoms with E-state index in [1.165, 1.54) is 0 Å². The van der Waals surface area contributed by atoms with Gasteiger partial charge in [-0.15, -0.1) is 0 Å². The average molecular weight is 334 g/mol. The van der Waals surface area contributed by atoms with Crippen LogP contribution in [-0.2, 0) is 11.3 Å². The minimum absolute atomic E-state index is 0.0302. The number of nitrogens with zero attached hydrogens (tertiary/aromatic N) is 3.